The quantitative estimate of drug-likeness (QED) is 0.874. The van der Waals surface area contributed by atoms with E-state index in [1.54, 1.807) is 7.11 Å². The van der Waals surface area contributed by atoms with E-state index in [0.29, 0.717) is 0 Å². The molecule has 18 heavy (non-hydrogen) atoms. The fourth-order valence-electron chi connectivity index (χ4n) is 2.39. The van der Waals surface area contributed by atoms with Gasteiger partial charge >= 0.3 is 0 Å². The van der Waals surface area contributed by atoms with Crippen LogP contribution in [0.2, 0.25) is 0 Å². The van der Waals surface area contributed by atoms with E-state index in [1.807, 2.05) is 24.0 Å². The van der Waals surface area contributed by atoms with Gasteiger partial charge in [0.2, 0.25) is 0 Å². The van der Waals surface area contributed by atoms with Crippen molar-refractivity contribution >= 4 is 17.0 Å². The third kappa shape index (κ3) is 3.78. The highest BCUT2D eigenvalue weighted by molar-refractivity contribution is 8.93. The molecule has 0 bridgehead atoms. The van der Waals surface area contributed by atoms with Gasteiger partial charge in [-0.3, -0.25) is 9.58 Å². The van der Waals surface area contributed by atoms with Gasteiger partial charge in [-0.2, -0.15) is 5.10 Å². The smallest absolute Gasteiger partial charge is 0.0714 e. The lowest BCUT2D eigenvalue weighted by molar-refractivity contribution is 0.107. The Morgan fingerprint density at radius 2 is 2.28 bits per heavy atom. The van der Waals surface area contributed by atoms with Crippen LogP contribution in [0.15, 0.2) is 12.4 Å². The molecule has 2 rings (SSSR count). The highest BCUT2D eigenvalue weighted by atomic mass is 79.9. The molecular formula is C12H22BrN3O2. The Kier molecular flexibility index (Phi) is 6.28. The van der Waals surface area contributed by atoms with Crippen LogP contribution in [0.3, 0.4) is 0 Å². The van der Waals surface area contributed by atoms with Gasteiger partial charge in [0.05, 0.1) is 25.5 Å². The second-order valence-electron chi connectivity index (χ2n) is 4.71. The molecule has 0 aromatic carbocycles. The summed E-state index contributed by atoms with van der Waals surface area (Å²) < 4.78 is 7.30. The summed E-state index contributed by atoms with van der Waals surface area (Å²) in [7, 11) is 1.74. The molecule has 1 saturated heterocycles. The molecule has 0 spiro atoms. The van der Waals surface area contributed by atoms with Crippen LogP contribution in [0.5, 0.6) is 0 Å². The maximum absolute atomic E-state index is 9.33. The minimum atomic E-state index is 0. The minimum Gasteiger partial charge on any atom is -0.395 e. The number of rotatable bonds is 5. The summed E-state index contributed by atoms with van der Waals surface area (Å²) in [4.78, 5) is 2.28. The number of aromatic nitrogens is 2. The molecule has 2 heterocycles. The van der Waals surface area contributed by atoms with E-state index >= 15 is 0 Å². The first-order chi connectivity index (χ1) is 8.22. The number of aliphatic hydroxyl groups excluding tert-OH is 1. The van der Waals surface area contributed by atoms with Crippen LogP contribution in [-0.2, 0) is 11.3 Å². The molecule has 0 aliphatic carbocycles. The van der Waals surface area contributed by atoms with Gasteiger partial charge in [-0.15, -0.1) is 17.0 Å². The third-order valence-corrected chi connectivity index (χ3v) is 3.41. The Morgan fingerprint density at radius 1 is 1.50 bits per heavy atom. The van der Waals surface area contributed by atoms with Gasteiger partial charge in [0.25, 0.3) is 0 Å². The molecule has 1 aliphatic rings. The summed E-state index contributed by atoms with van der Waals surface area (Å²) in [5.41, 5.74) is 1.18. The number of ether oxygens (including phenoxy) is 1. The van der Waals surface area contributed by atoms with Gasteiger partial charge < -0.3 is 9.84 Å². The van der Waals surface area contributed by atoms with Gasteiger partial charge in [-0.05, 0) is 18.9 Å². The molecule has 0 saturated carbocycles. The third-order valence-electron chi connectivity index (χ3n) is 3.41. The van der Waals surface area contributed by atoms with Gasteiger partial charge in [0, 0.05) is 32.4 Å². The molecule has 0 radical (unpaired) electrons. The molecule has 1 aromatic heterocycles. The van der Waals surface area contributed by atoms with E-state index in [0.717, 1.165) is 26.1 Å². The first kappa shape index (κ1) is 15.6. The molecule has 0 unspecified atom stereocenters. The number of nitrogens with zero attached hydrogens (tertiary/aromatic N) is 3. The Hall–Kier alpha value is -0.430. The monoisotopic (exact) mass is 319 g/mol. The second-order valence-corrected chi connectivity index (χ2v) is 4.71. The van der Waals surface area contributed by atoms with E-state index in [1.165, 1.54) is 5.56 Å². The highest BCUT2D eigenvalue weighted by Gasteiger charge is 2.31. The zero-order chi connectivity index (χ0) is 12.3. The lowest BCUT2D eigenvalue weighted by Gasteiger charge is -2.21. The van der Waals surface area contributed by atoms with E-state index in [-0.39, 0.29) is 35.7 Å². The zero-order valence-electron chi connectivity index (χ0n) is 11.0. The summed E-state index contributed by atoms with van der Waals surface area (Å²) in [5.74, 6) is 0. The Labute approximate surface area is 118 Å². The molecule has 1 fully saturated rings. The topological polar surface area (TPSA) is 50.5 Å². The van der Waals surface area contributed by atoms with Crippen molar-refractivity contribution in [3.05, 3.63) is 18.0 Å². The lowest BCUT2D eigenvalue weighted by atomic mass is 10.2. The SMILES string of the molecule is Br.CO[C@@H]1C[C@@H](CO)N(CCn2cc(C)cn2)C1. The fraction of sp³-hybridized carbons (Fsp3) is 0.750. The van der Waals surface area contributed by atoms with Crippen molar-refractivity contribution in [3.8, 4) is 0 Å². The van der Waals surface area contributed by atoms with Crippen LogP contribution in [0, 0.1) is 6.92 Å². The van der Waals surface area contributed by atoms with Gasteiger partial charge in [-0.25, -0.2) is 0 Å². The predicted octanol–water partition coefficient (Wildman–Crippen LogP) is 0.851. The first-order valence-electron chi connectivity index (χ1n) is 6.09. The summed E-state index contributed by atoms with van der Waals surface area (Å²) in [5, 5.41) is 13.6. The van der Waals surface area contributed by atoms with Crippen molar-refractivity contribution in [3.63, 3.8) is 0 Å². The molecule has 1 aliphatic heterocycles. The Balaban J connectivity index is 0.00000162. The highest BCUT2D eigenvalue weighted by Crippen LogP contribution is 2.19. The van der Waals surface area contributed by atoms with Crippen LogP contribution >= 0.6 is 17.0 Å². The molecule has 2 atom stereocenters. The van der Waals surface area contributed by atoms with Gasteiger partial charge in [0.1, 0.15) is 0 Å². The van der Waals surface area contributed by atoms with Gasteiger partial charge in [0.15, 0.2) is 0 Å². The van der Waals surface area contributed by atoms with Crippen molar-refractivity contribution in [2.75, 3.05) is 26.8 Å². The normalized spacial score (nSPS) is 24.2. The molecule has 0 amide bonds. The summed E-state index contributed by atoms with van der Waals surface area (Å²) in [6.45, 7) is 4.92. The van der Waals surface area contributed by atoms with Crippen LogP contribution in [0.4, 0.5) is 0 Å². The van der Waals surface area contributed by atoms with Crippen molar-refractivity contribution in [2.24, 2.45) is 0 Å². The number of likely N-dealkylation sites (tertiary alicyclic amines) is 1. The van der Waals surface area contributed by atoms with Crippen LogP contribution in [0.25, 0.3) is 0 Å². The van der Waals surface area contributed by atoms with Gasteiger partial charge in [-0.1, -0.05) is 0 Å². The van der Waals surface area contributed by atoms with Crippen molar-refractivity contribution < 1.29 is 9.84 Å². The van der Waals surface area contributed by atoms with Crippen LogP contribution in [0.1, 0.15) is 12.0 Å². The van der Waals surface area contributed by atoms with E-state index in [2.05, 4.69) is 10.00 Å². The maximum Gasteiger partial charge on any atom is 0.0714 e. The lowest BCUT2D eigenvalue weighted by Crippen LogP contribution is -2.35. The standard InChI is InChI=1S/C12H21N3O2.BrH/c1-10-6-13-15(7-10)4-3-14-8-12(17-2)5-11(14)9-16;/h6-7,11-12,16H,3-5,8-9H2,1-2H3;1H/t11-,12+;/m0./s1. The molecule has 1 N–H and O–H groups in total. The molecule has 6 heteroatoms. The van der Waals surface area contributed by atoms with Crippen molar-refractivity contribution in [1.82, 2.24) is 14.7 Å². The zero-order valence-corrected chi connectivity index (χ0v) is 12.7. The van der Waals surface area contributed by atoms with Crippen LogP contribution in [-0.4, -0.2) is 58.7 Å². The number of methoxy groups -OCH3 is 1. The minimum absolute atomic E-state index is 0. The number of hydrogen-bond donors (Lipinski definition) is 1. The first-order valence-corrected chi connectivity index (χ1v) is 6.09. The molecule has 1 aromatic rings. The molecule has 104 valence electrons. The Morgan fingerprint density at radius 3 is 2.83 bits per heavy atom. The largest absolute Gasteiger partial charge is 0.395 e. The van der Waals surface area contributed by atoms with Crippen molar-refractivity contribution in [2.45, 2.75) is 32.0 Å². The van der Waals surface area contributed by atoms with E-state index in [4.69, 9.17) is 4.74 Å². The van der Waals surface area contributed by atoms with E-state index < -0.39 is 0 Å². The van der Waals surface area contributed by atoms with Crippen molar-refractivity contribution in [1.29, 1.82) is 0 Å². The average Bonchev–Trinajstić information content (AvgIpc) is 2.92. The number of aliphatic hydroxyl groups is 1. The summed E-state index contributed by atoms with van der Waals surface area (Å²) in [6.07, 6.45) is 5.08. The second kappa shape index (κ2) is 7.23. The number of aryl methyl sites for hydroxylation is 1. The number of hydrogen-bond acceptors (Lipinski definition) is 4. The van der Waals surface area contributed by atoms with Crippen LogP contribution < -0.4 is 0 Å². The summed E-state index contributed by atoms with van der Waals surface area (Å²) in [6, 6.07) is 0.233. The average molecular weight is 320 g/mol. The van der Waals surface area contributed by atoms with E-state index in [9.17, 15) is 5.11 Å². The predicted molar refractivity (Wildman–Crippen MR) is 75.1 cm³/mol. The molecule has 5 nitrogen and oxygen atoms in total. The fourth-order valence-corrected chi connectivity index (χ4v) is 2.39. The molecular weight excluding hydrogens is 298 g/mol. The maximum atomic E-state index is 9.33. The Bertz CT molecular complexity index is 359. The summed E-state index contributed by atoms with van der Waals surface area (Å²) >= 11 is 0. The number of halogens is 1.